The Bertz CT molecular complexity index is 665. The maximum absolute atomic E-state index is 10.9. The molecule has 110 valence electrons. The van der Waals surface area contributed by atoms with Crippen LogP contribution in [0.3, 0.4) is 0 Å². The van der Waals surface area contributed by atoms with Crippen molar-refractivity contribution in [3.05, 3.63) is 45.4 Å². The monoisotopic (exact) mass is 306 g/mol. The van der Waals surface area contributed by atoms with Crippen LogP contribution < -0.4 is 5.32 Å². The van der Waals surface area contributed by atoms with Gasteiger partial charge in [-0.25, -0.2) is 4.98 Å². The van der Waals surface area contributed by atoms with Crippen molar-refractivity contribution in [3.8, 4) is 11.3 Å². The van der Waals surface area contributed by atoms with Crippen molar-refractivity contribution in [3.63, 3.8) is 0 Å². The van der Waals surface area contributed by atoms with Crippen LogP contribution in [0.25, 0.3) is 11.3 Å². The van der Waals surface area contributed by atoms with Gasteiger partial charge < -0.3 is 10.3 Å². The Kier molecular flexibility index (Phi) is 3.90. The van der Waals surface area contributed by atoms with Crippen molar-refractivity contribution in [2.45, 2.75) is 12.8 Å². The molecule has 0 amide bonds. The van der Waals surface area contributed by atoms with Crippen molar-refractivity contribution < 1.29 is 4.92 Å². The van der Waals surface area contributed by atoms with E-state index >= 15 is 0 Å². The molecular weight excluding hydrogens is 292 g/mol. The number of halogens is 1. The van der Waals surface area contributed by atoms with Crippen LogP contribution in [0.5, 0.6) is 0 Å². The van der Waals surface area contributed by atoms with Crippen LogP contribution in [-0.2, 0) is 6.42 Å². The van der Waals surface area contributed by atoms with Crippen LogP contribution >= 0.6 is 11.6 Å². The topological polar surface area (TPSA) is 83.8 Å². The van der Waals surface area contributed by atoms with Crippen LogP contribution in [0, 0.1) is 16.0 Å². The summed E-state index contributed by atoms with van der Waals surface area (Å²) >= 11 is 5.82. The summed E-state index contributed by atoms with van der Waals surface area (Å²) in [5, 5.41) is 14.4. The Labute approximate surface area is 126 Å². The van der Waals surface area contributed by atoms with E-state index in [9.17, 15) is 10.1 Å². The summed E-state index contributed by atoms with van der Waals surface area (Å²) in [4.78, 5) is 18.1. The van der Waals surface area contributed by atoms with Crippen LogP contribution in [-0.4, -0.2) is 28.0 Å². The van der Waals surface area contributed by atoms with Gasteiger partial charge in [0.05, 0.1) is 16.8 Å². The standard InChI is InChI=1S/C14H15ClN4O2/c15-11-2-1-10(6-13(11)19(20)21)12-8-17-14(18-12)5-9-3-4-16-7-9/h1-2,6,8-9,16H,3-5,7H2,(H,17,18). The van der Waals surface area contributed by atoms with Gasteiger partial charge in [-0.2, -0.15) is 0 Å². The molecule has 3 rings (SSSR count). The summed E-state index contributed by atoms with van der Waals surface area (Å²) in [7, 11) is 0. The second-order valence-electron chi connectivity index (χ2n) is 5.23. The van der Waals surface area contributed by atoms with Crippen LogP contribution in [0.4, 0.5) is 5.69 Å². The molecule has 2 aromatic rings. The van der Waals surface area contributed by atoms with Crippen LogP contribution in [0.1, 0.15) is 12.2 Å². The minimum absolute atomic E-state index is 0.0923. The lowest BCUT2D eigenvalue weighted by Gasteiger charge is -2.04. The minimum atomic E-state index is -0.479. The molecule has 0 aliphatic carbocycles. The molecule has 0 spiro atoms. The maximum atomic E-state index is 10.9. The predicted octanol–water partition coefficient (Wildman–Crippen LogP) is 2.79. The van der Waals surface area contributed by atoms with Crippen molar-refractivity contribution >= 4 is 17.3 Å². The molecule has 2 N–H and O–H groups in total. The van der Waals surface area contributed by atoms with Crippen molar-refractivity contribution in [1.82, 2.24) is 15.3 Å². The molecule has 2 heterocycles. The third-order valence-electron chi connectivity index (χ3n) is 3.73. The van der Waals surface area contributed by atoms with E-state index in [1.807, 2.05) is 0 Å². The number of H-pyrrole nitrogens is 1. The van der Waals surface area contributed by atoms with E-state index in [2.05, 4.69) is 15.3 Å². The third-order valence-corrected chi connectivity index (χ3v) is 4.05. The van der Waals surface area contributed by atoms with Gasteiger partial charge in [0, 0.05) is 18.1 Å². The van der Waals surface area contributed by atoms with E-state index < -0.39 is 4.92 Å². The maximum Gasteiger partial charge on any atom is 0.288 e. The molecule has 6 nitrogen and oxygen atoms in total. The van der Waals surface area contributed by atoms with Gasteiger partial charge in [0.15, 0.2) is 0 Å². The van der Waals surface area contributed by atoms with Crippen LogP contribution in [0.2, 0.25) is 5.02 Å². The highest BCUT2D eigenvalue weighted by molar-refractivity contribution is 6.32. The average Bonchev–Trinajstić information content (AvgIpc) is 3.11. The molecule has 1 saturated heterocycles. The van der Waals surface area contributed by atoms with E-state index in [-0.39, 0.29) is 10.7 Å². The average molecular weight is 307 g/mol. The molecule has 7 heteroatoms. The van der Waals surface area contributed by atoms with Gasteiger partial charge in [-0.3, -0.25) is 10.1 Å². The molecule has 0 bridgehead atoms. The highest BCUT2D eigenvalue weighted by Gasteiger charge is 2.18. The van der Waals surface area contributed by atoms with E-state index in [1.165, 1.54) is 12.1 Å². The molecule has 1 unspecified atom stereocenters. The molecule has 1 aliphatic heterocycles. The summed E-state index contributed by atoms with van der Waals surface area (Å²) in [6.45, 7) is 2.07. The van der Waals surface area contributed by atoms with Gasteiger partial charge in [-0.05, 0) is 31.5 Å². The summed E-state index contributed by atoms with van der Waals surface area (Å²) in [5.41, 5.74) is 1.40. The fraction of sp³-hybridized carbons (Fsp3) is 0.357. The lowest BCUT2D eigenvalue weighted by molar-refractivity contribution is -0.384. The zero-order chi connectivity index (χ0) is 14.8. The number of nitrogens with zero attached hydrogens (tertiary/aromatic N) is 2. The molecule has 1 aliphatic rings. The Morgan fingerprint density at radius 2 is 2.33 bits per heavy atom. The molecule has 1 atom stereocenters. The van der Waals surface area contributed by atoms with Crippen molar-refractivity contribution in [1.29, 1.82) is 0 Å². The highest BCUT2D eigenvalue weighted by Crippen LogP contribution is 2.29. The second-order valence-corrected chi connectivity index (χ2v) is 5.64. The molecular formula is C14H15ClN4O2. The molecule has 21 heavy (non-hydrogen) atoms. The highest BCUT2D eigenvalue weighted by atomic mass is 35.5. The zero-order valence-corrected chi connectivity index (χ0v) is 12.1. The SMILES string of the molecule is O=[N+]([O-])c1cc(-c2cnc(CC3CCNC3)[nH]2)ccc1Cl. The van der Waals surface area contributed by atoms with Crippen molar-refractivity contribution in [2.24, 2.45) is 5.92 Å². The number of aromatic nitrogens is 2. The Balaban J connectivity index is 1.82. The number of nitro benzene ring substituents is 1. The van der Waals surface area contributed by atoms with Gasteiger partial charge in [0.1, 0.15) is 10.8 Å². The van der Waals surface area contributed by atoms with Crippen LogP contribution in [0.15, 0.2) is 24.4 Å². The first-order valence-corrected chi connectivity index (χ1v) is 7.20. The van der Waals surface area contributed by atoms with E-state index in [0.717, 1.165) is 43.0 Å². The molecule has 1 fully saturated rings. The first-order valence-electron chi connectivity index (χ1n) is 6.82. The number of imidazole rings is 1. The van der Waals surface area contributed by atoms with E-state index in [4.69, 9.17) is 11.6 Å². The molecule has 1 aromatic carbocycles. The predicted molar refractivity (Wildman–Crippen MR) is 80.4 cm³/mol. The summed E-state index contributed by atoms with van der Waals surface area (Å²) in [5.74, 6) is 1.51. The summed E-state index contributed by atoms with van der Waals surface area (Å²) < 4.78 is 0. The smallest absolute Gasteiger partial charge is 0.288 e. The minimum Gasteiger partial charge on any atom is -0.342 e. The molecule has 0 saturated carbocycles. The lowest BCUT2D eigenvalue weighted by Crippen LogP contribution is -2.11. The second kappa shape index (κ2) is 5.83. The molecule has 1 aromatic heterocycles. The summed E-state index contributed by atoms with van der Waals surface area (Å²) in [6, 6.07) is 4.76. The fourth-order valence-corrected chi connectivity index (χ4v) is 2.78. The Hall–Kier alpha value is -1.92. The Morgan fingerprint density at radius 1 is 1.48 bits per heavy atom. The first-order chi connectivity index (χ1) is 10.1. The number of rotatable bonds is 4. The lowest BCUT2D eigenvalue weighted by atomic mass is 10.1. The van der Waals surface area contributed by atoms with Gasteiger partial charge in [0.25, 0.3) is 5.69 Å². The quantitative estimate of drug-likeness (QED) is 0.672. The largest absolute Gasteiger partial charge is 0.342 e. The van der Waals surface area contributed by atoms with E-state index in [0.29, 0.717) is 5.92 Å². The number of aromatic amines is 1. The van der Waals surface area contributed by atoms with Gasteiger partial charge in [0.2, 0.25) is 0 Å². The Morgan fingerprint density at radius 3 is 3.05 bits per heavy atom. The van der Waals surface area contributed by atoms with Crippen molar-refractivity contribution in [2.75, 3.05) is 13.1 Å². The van der Waals surface area contributed by atoms with Gasteiger partial charge >= 0.3 is 0 Å². The van der Waals surface area contributed by atoms with E-state index in [1.54, 1.807) is 12.3 Å². The van der Waals surface area contributed by atoms with Gasteiger partial charge in [-0.1, -0.05) is 17.7 Å². The normalized spacial score (nSPS) is 18.0. The zero-order valence-electron chi connectivity index (χ0n) is 11.3. The number of hydrogen-bond acceptors (Lipinski definition) is 4. The summed E-state index contributed by atoms with van der Waals surface area (Å²) in [6.07, 6.45) is 3.76. The number of hydrogen-bond donors (Lipinski definition) is 2. The number of nitrogens with one attached hydrogen (secondary N) is 2. The molecule has 0 radical (unpaired) electrons. The first kappa shape index (κ1) is 14.0. The fourth-order valence-electron chi connectivity index (χ4n) is 2.60. The third kappa shape index (κ3) is 3.06. The number of nitro groups is 1. The van der Waals surface area contributed by atoms with Gasteiger partial charge in [-0.15, -0.1) is 0 Å². The number of benzene rings is 1.